The molecule has 2 aromatic carbocycles. The van der Waals surface area contributed by atoms with E-state index in [1.165, 1.54) is 20.2 Å². The Morgan fingerprint density at radius 2 is 1.77 bits per heavy atom. The van der Waals surface area contributed by atoms with Crippen LogP contribution in [0.5, 0.6) is 0 Å². The minimum atomic E-state index is 1.25. The van der Waals surface area contributed by atoms with Gasteiger partial charge in [0.1, 0.15) is 0 Å². The Hall–Kier alpha value is -1.34. The summed E-state index contributed by atoms with van der Waals surface area (Å²) in [6.45, 7) is 0. The first-order chi connectivity index (χ1) is 6.45. The fraction of sp³-hybridized carbons (Fsp3) is 0. The SMILES string of the molecule is [c]1cccc2c1sc1ccccc12. The molecule has 0 bridgehead atoms. The monoisotopic (exact) mass is 183 g/mol. The van der Waals surface area contributed by atoms with E-state index < -0.39 is 0 Å². The first kappa shape index (κ1) is 7.10. The van der Waals surface area contributed by atoms with Crippen molar-refractivity contribution in [3.05, 3.63) is 48.5 Å². The molecule has 13 heavy (non-hydrogen) atoms. The van der Waals surface area contributed by atoms with Gasteiger partial charge in [0, 0.05) is 26.2 Å². The summed E-state index contributed by atoms with van der Waals surface area (Å²) in [6, 6.07) is 17.9. The van der Waals surface area contributed by atoms with Crippen molar-refractivity contribution in [3.8, 4) is 0 Å². The Bertz CT molecular complexity index is 513. The van der Waals surface area contributed by atoms with Crippen molar-refractivity contribution in [3.63, 3.8) is 0 Å². The van der Waals surface area contributed by atoms with Gasteiger partial charge in [-0.1, -0.05) is 36.4 Å². The van der Waals surface area contributed by atoms with Crippen LogP contribution in [-0.4, -0.2) is 0 Å². The van der Waals surface area contributed by atoms with E-state index in [0.717, 1.165) is 0 Å². The molecule has 0 fully saturated rings. The molecule has 61 valence electrons. The summed E-state index contributed by atoms with van der Waals surface area (Å²) in [5, 5.41) is 2.67. The molecule has 0 amide bonds. The summed E-state index contributed by atoms with van der Waals surface area (Å²) >= 11 is 1.81. The van der Waals surface area contributed by atoms with Crippen LogP contribution >= 0.6 is 11.3 Å². The maximum absolute atomic E-state index is 3.26. The highest BCUT2D eigenvalue weighted by Gasteiger charge is 2.01. The van der Waals surface area contributed by atoms with E-state index in [1.807, 2.05) is 12.1 Å². The van der Waals surface area contributed by atoms with Crippen molar-refractivity contribution < 1.29 is 0 Å². The normalized spacial score (nSPS) is 11.1. The van der Waals surface area contributed by atoms with Crippen molar-refractivity contribution >= 4 is 31.5 Å². The molecule has 0 aliphatic heterocycles. The second-order valence-electron chi connectivity index (χ2n) is 3.01. The largest absolute Gasteiger partial charge is 0.135 e. The molecule has 0 nitrogen and oxygen atoms in total. The van der Waals surface area contributed by atoms with Crippen LogP contribution in [-0.2, 0) is 0 Å². The standard InChI is InChI=1S/C12H7S/c1-3-7-11-9(5-1)10-6-2-4-8-12(10)13-11/h1-7H. The van der Waals surface area contributed by atoms with Crippen molar-refractivity contribution in [1.82, 2.24) is 0 Å². The molecule has 1 heteroatoms. The van der Waals surface area contributed by atoms with Gasteiger partial charge in [0.2, 0.25) is 0 Å². The molecular formula is C12H7S. The number of rotatable bonds is 0. The summed E-state index contributed by atoms with van der Waals surface area (Å²) in [5.74, 6) is 0. The maximum Gasteiger partial charge on any atom is 0.0434 e. The zero-order chi connectivity index (χ0) is 8.67. The highest BCUT2D eigenvalue weighted by molar-refractivity contribution is 7.25. The van der Waals surface area contributed by atoms with Gasteiger partial charge in [0.15, 0.2) is 0 Å². The van der Waals surface area contributed by atoms with Gasteiger partial charge in [-0.05, 0) is 6.07 Å². The fourth-order valence-electron chi connectivity index (χ4n) is 1.61. The van der Waals surface area contributed by atoms with Gasteiger partial charge in [-0.2, -0.15) is 0 Å². The van der Waals surface area contributed by atoms with Crippen LogP contribution in [0.25, 0.3) is 20.2 Å². The minimum absolute atomic E-state index is 1.25. The zero-order valence-corrected chi connectivity index (χ0v) is 7.77. The Balaban J connectivity index is 2.64. The summed E-state index contributed by atoms with van der Waals surface area (Å²) < 4.78 is 2.60. The predicted molar refractivity (Wildman–Crippen MR) is 58.2 cm³/mol. The molecule has 1 heterocycles. The van der Waals surface area contributed by atoms with Crippen molar-refractivity contribution in [2.45, 2.75) is 0 Å². The van der Waals surface area contributed by atoms with E-state index in [2.05, 4.69) is 36.4 Å². The first-order valence-corrected chi connectivity index (χ1v) is 5.05. The Kier molecular flexibility index (Phi) is 1.41. The summed E-state index contributed by atoms with van der Waals surface area (Å²) in [4.78, 5) is 0. The lowest BCUT2D eigenvalue weighted by atomic mass is 10.2. The van der Waals surface area contributed by atoms with Gasteiger partial charge in [-0.3, -0.25) is 0 Å². The maximum atomic E-state index is 3.26. The van der Waals surface area contributed by atoms with Crippen LogP contribution < -0.4 is 0 Å². The van der Waals surface area contributed by atoms with Gasteiger partial charge < -0.3 is 0 Å². The molecule has 0 spiro atoms. The third-order valence-corrected chi connectivity index (χ3v) is 3.33. The van der Waals surface area contributed by atoms with Gasteiger partial charge >= 0.3 is 0 Å². The molecule has 0 atom stereocenters. The first-order valence-electron chi connectivity index (χ1n) is 4.23. The number of thiophene rings is 1. The Labute approximate surface area is 80.4 Å². The molecule has 1 radical (unpaired) electrons. The van der Waals surface area contributed by atoms with Gasteiger partial charge in [-0.15, -0.1) is 11.3 Å². The molecule has 3 aromatic rings. The van der Waals surface area contributed by atoms with Crippen LogP contribution in [0.3, 0.4) is 0 Å². The third kappa shape index (κ3) is 0.973. The predicted octanol–water partition coefficient (Wildman–Crippen LogP) is 3.85. The highest BCUT2D eigenvalue weighted by atomic mass is 32.1. The smallest absolute Gasteiger partial charge is 0.0434 e. The molecule has 1 aromatic heterocycles. The van der Waals surface area contributed by atoms with Crippen LogP contribution in [0.15, 0.2) is 42.5 Å². The lowest BCUT2D eigenvalue weighted by Gasteiger charge is -1.87. The average molecular weight is 183 g/mol. The van der Waals surface area contributed by atoms with Gasteiger partial charge in [0.25, 0.3) is 0 Å². The van der Waals surface area contributed by atoms with Gasteiger partial charge in [0.05, 0.1) is 0 Å². The zero-order valence-electron chi connectivity index (χ0n) is 6.95. The average Bonchev–Trinajstić information content (AvgIpc) is 2.56. The number of benzene rings is 2. The van der Waals surface area contributed by atoms with Crippen molar-refractivity contribution in [2.75, 3.05) is 0 Å². The van der Waals surface area contributed by atoms with Crippen LogP contribution in [0.1, 0.15) is 0 Å². The van der Waals surface area contributed by atoms with E-state index in [1.54, 1.807) is 11.3 Å². The van der Waals surface area contributed by atoms with Crippen LogP contribution in [0.2, 0.25) is 0 Å². The van der Waals surface area contributed by atoms with Crippen LogP contribution in [0, 0.1) is 6.07 Å². The molecule has 0 saturated heterocycles. The third-order valence-electron chi connectivity index (χ3n) is 2.21. The van der Waals surface area contributed by atoms with E-state index >= 15 is 0 Å². The molecule has 0 aliphatic rings. The van der Waals surface area contributed by atoms with Crippen molar-refractivity contribution in [2.24, 2.45) is 0 Å². The van der Waals surface area contributed by atoms with E-state index in [0.29, 0.717) is 0 Å². The summed E-state index contributed by atoms with van der Waals surface area (Å²) in [5.41, 5.74) is 0. The summed E-state index contributed by atoms with van der Waals surface area (Å²) in [7, 11) is 0. The number of hydrogen-bond donors (Lipinski definition) is 0. The second kappa shape index (κ2) is 2.57. The Morgan fingerprint density at radius 1 is 0.923 bits per heavy atom. The van der Waals surface area contributed by atoms with E-state index in [9.17, 15) is 0 Å². The Morgan fingerprint density at radius 3 is 2.77 bits per heavy atom. The molecular weight excluding hydrogens is 176 g/mol. The molecule has 0 unspecified atom stereocenters. The fourth-order valence-corrected chi connectivity index (χ4v) is 2.68. The molecule has 0 N–H and O–H groups in total. The van der Waals surface area contributed by atoms with Gasteiger partial charge in [-0.25, -0.2) is 0 Å². The number of fused-ring (bicyclic) bond motifs is 3. The lowest BCUT2D eigenvalue weighted by Crippen LogP contribution is -1.63. The topological polar surface area (TPSA) is 0 Å². The van der Waals surface area contributed by atoms with E-state index in [4.69, 9.17) is 0 Å². The number of hydrogen-bond acceptors (Lipinski definition) is 1. The minimum Gasteiger partial charge on any atom is -0.135 e. The second-order valence-corrected chi connectivity index (χ2v) is 4.06. The quantitative estimate of drug-likeness (QED) is 0.496. The summed E-state index contributed by atoms with van der Waals surface area (Å²) in [6.07, 6.45) is 0. The van der Waals surface area contributed by atoms with E-state index in [-0.39, 0.29) is 0 Å². The molecule has 0 aliphatic carbocycles. The van der Waals surface area contributed by atoms with Crippen molar-refractivity contribution in [1.29, 1.82) is 0 Å². The molecule has 3 rings (SSSR count). The highest BCUT2D eigenvalue weighted by Crippen LogP contribution is 2.32. The molecule has 0 saturated carbocycles. The lowest BCUT2D eigenvalue weighted by molar-refractivity contribution is 1.83. The van der Waals surface area contributed by atoms with Crippen LogP contribution in [0.4, 0.5) is 0 Å².